The molecule has 3 aromatic carbocycles. The van der Waals surface area contributed by atoms with Gasteiger partial charge in [0.2, 0.25) is 0 Å². The Morgan fingerprint density at radius 3 is 2.20 bits per heavy atom. The number of hydrogen-bond donors (Lipinski definition) is 1. The van der Waals surface area contributed by atoms with Crippen molar-refractivity contribution in [2.75, 3.05) is 13.2 Å². The molecule has 1 saturated carbocycles. The van der Waals surface area contributed by atoms with E-state index in [2.05, 4.69) is 12.1 Å². The van der Waals surface area contributed by atoms with E-state index in [0.29, 0.717) is 66.6 Å². The molecular formula is C37H40ClN3O4S. The zero-order valence-corrected chi connectivity index (χ0v) is 28.3. The lowest BCUT2D eigenvalue weighted by Crippen LogP contribution is -2.49. The van der Waals surface area contributed by atoms with Gasteiger partial charge in [0.25, 0.3) is 5.91 Å². The predicted molar refractivity (Wildman–Crippen MR) is 185 cm³/mol. The maximum atomic E-state index is 14.5. The monoisotopic (exact) mass is 657 g/mol. The van der Waals surface area contributed by atoms with Crippen molar-refractivity contribution >= 4 is 45.0 Å². The van der Waals surface area contributed by atoms with Crippen molar-refractivity contribution in [3.63, 3.8) is 0 Å². The quantitative estimate of drug-likeness (QED) is 0.193. The van der Waals surface area contributed by atoms with Crippen molar-refractivity contribution in [3.8, 4) is 22.9 Å². The molecule has 46 heavy (non-hydrogen) atoms. The second kappa shape index (κ2) is 14.1. The fraction of sp³-hybridized carbons (Fsp3) is 0.378. The van der Waals surface area contributed by atoms with E-state index in [1.54, 1.807) is 17.0 Å². The molecule has 4 aromatic rings. The molecule has 0 spiro atoms. The Morgan fingerprint density at radius 1 is 0.978 bits per heavy atom. The van der Waals surface area contributed by atoms with E-state index in [9.17, 15) is 20.0 Å². The average Bonchev–Trinajstić information content (AvgIpc) is 3.39. The standard InChI is InChI=1S/C37H40ClN3O4S/c1-5-45-31-19-14-26(25-12-10-24(21-39)11-13-25)20-27(31)22-40(35(42)34-33(38)30-8-6-7-9-32(30)46-34)28-15-17-29(18-16-28)41(36(43)44)23-37(2,3)4/h6-14,19-20,28-29H,5,15-18,22-23H2,1-4H3,(H,43,44). The van der Waals surface area contributed by atoms with Crippen LogP contribution in [0.3, 0.4) is 0 Å². The number of thiophene rings is 1. The highest BCUT2D eigenvalue weighted by atomic mass is 35.5. The van der Waals surface area contributed by atoms with E-state index >= 15 is 0 Å². The van der Waals surface area contributed by atoms with Crippen LogP contribution >= 0.6 is 22.9 Å². The zero-order valence-electron chi connectivity index (χ0n) is 26.8. The van der Waals surface area contributed by atoms with Gasteiger partial charge in [0.15, 0.2) is 0 Å². The molecule has 0 radical (unpaired) electrons. The highest BCUT2D eigenvalue weighted by molar-refractivity contribution is 7.21. The fourth-order valence-electron chi connectivity index (χ4n) is 6.29. The van der Waals surface area contributed by atoms with Gasteiger partial charge in [0.1, 0.15) is 10.6 Å². The fourth-order valence-corrected chi connectivity index (χ4v) is 7.76. The van der Waals surface area contributed by atoms with Crippen LogP contribution in [-0.2, 0) is 6.54 Å². The van der Waals surface area contributed by atoms with Gasteiger partial charge in [-0.25, -0.2) is 4.79 Å². The first-order valence-electron chi connectivity index (χ1n) is 15.7. The number of carbonyl (C=O) groups is 2. The Morgan fingerprint density at radius 2 is 1.61 bits per heavy atom. The Balaban J connectivity index is 1.50. The molecule has 0 aliphatic heterocycles. The Kier molecular flexibility index (Phi) is 10.2. The Hall–Kier alpha value is -4.06. The summed E-state index contributed by atoms with van der Waals surface area (Å²) in [7, 11) is 0. The first kappa shape index (κ1) is 33.3. The van der Waals surface area contributed by atoms with E-state index in [0.717, 1.165) is 26.8 Å². The SMILES string of the molecule is CCOc1ccc(-c2ccc(C#N)cc2)cc1CN(C(=O)c1sc2ccccc2c1Cl)C1CCC(N(CC(C)(C)C)C(=O)O)CC1. The van der Waals surface area contributed by atoms with E-state index in [1.807, 2.05) is 81.1 Å². The van der Waals surface area contributed by atoms with Crippen LogP contribution in [0.5, 0.6) is 5.75 Å². The first-order chi connectivity index (χ1) is 22.0. The maximum absolute atomic E-state index is 14.5. The van der Waals surface area contributed by atoms with Crippen LogP contribution in [0, 0.1) is 16.7 Å². The molecule has 2 amide bonds. The van der Waals surface area contributed by atoms with Crippen molar-refractivity contribution in [1.82, 2.24) is 9.80 Å². The molecule has 0 atom stereocenters. The molecule has 1 N–H and O–H groups in total. The molecule has 1 aliphatic carbocycles. The highest BCUT2D eigenvalue weighted by Crippen LogP contribution is 2.39. The van der Waals surface area contributed by atoms with Crippen LogP contribution < -0.4 is 4.74 Å². The van der Waals surface area contributed by atoms with Crippen LogP contribution in [0.2, 0.25) is 5.02 Å². The molecule has 240 valence electrons. The summed E-state index contributed by atoms with van der Waals surface area (Å²) >= 11 is 8.26. The smallest absolute Gasteiger partial charge is 0.407 e. The van der Waals surface area contributed by atoms with Gasteiger partial charge in [-0.05, 0) is 79.5 Å². The molecule has 1 heterocycles. The number of nitrogens with zero attached hydrogens (tertiary/aromatic N) is 3. The topological polar surface area (TPSA) is 93.9 Å². The largest absolute Gasteiger partial charge is 0.494 e. The lowest BCUT2D eigenvalue weighted by molar-refractivity contribution is 0.0491. The van der Waals surface area contributed by atoms with Gasteiger partial charge in [-0.1, -0.05) is 68.8 Å². The summed E-state index contributed by atoms with van der Waals surface area (Å²) < 4.78 is 7.01. The third-order valence-corrected chi connectivity index (χ3v) is 10.1. The minimum absolute atomic E-state index is 0.100. The minimum Gasteiger partial charge on any atom is -0.494 e. The van der Waals surface area contributed by atoms with Crippen molar-refractivity contribution in [2.45, 2.75) is 72.0 Å². The first-order valence-corrected chi connectivity index (χ1v) is 16.9. The Labute approximate surface area is 280 Å². The number of ether oxygens (including phenoxy) is 1. The van der Waals surface area contributed by atoms with E-state index in [4.69, 9.17) is 16.3 Å². The number of carboxylic acid groups (broad SMARTS) is 1. The molecule has 9 heteroatoms. The van der Waals surface area contributed by atoms with Crippen LogP contribution in [0.25, 0.3) is 21.2 Å². The number of fused-ring (bicyclic) bond motifs is 1. The molecule has 5 rings (SSSR count). The number of carbonyl (C=O) groups excluding carboxylic acids is 1. The van der Waals surface area contributed by atoms with Gasteiger partial charge < -0.3 is 19.6 Å². The van der Waals surface area contributed by atoms with Crippen molar-refractivity contribution in [1.29, 1.82) is 5.26 Å². The van der Waals surface area contributed by atoms with Gasteiger partial charge in [-0.2, -0.15) is 5.26 Å². The number of nitriles is 1. The number of rotatable bonds is 9. The Bertz CT molecular complexity index is 1750. The predicted octanol–water partition coefficient (Wildman–Crippen LogP) is 9.47. The van der Waals surface area contributed by atoms with Crippen LogP contribution in [0.4, 0.5) is 4.79 Å². The maximum Gasteiger partial charge on any atom is 0.407 e. The van der Waals surface area contributed by atoms with Crippen molar-refractivity contribution in [3.05, 3.63) is 87.8 Å². The molecule has 0 bridgehead atoms. The van der Waals surface area contributed by atoms with E-state index in [1.165, 1.54) is 11.3 Å². The van der Waals surface area contributed by atoms with Crippen molar-refractivity contribution < 1.29 is 19.4 Å². The molecule has 1 fully saturated rings. The second-order valence-corrected chi connectivity index (χ2v) is 14.5. The summed E-state index contributed by atoms with van der Waals surface area (Å²) in [4.78, 5) is 30.8. The number of amides is 2. The number of halogens is 1. The zero-order chi connectivity index (χ0) is 33.0. The molecular weight excluding hydrogens is 618 g/mol. The summed E-state index contributed by atoms with van der Waals surface area (Å²) in [6.45, 7) is 9.32. The normalized spacial score (nSPS) is 16.5. The highest BCUT2D eigenvalue weighted by Gasteiger charge is 2.36. The lowest BCUT2D eigenvalue weighted by atomic mass is 9.87. The van der Waals surface area contributed by atoms with Gasteiger partial charge in [-0.3, -0.25) is 4.79 Å². The minimum atomic E-state index is -0.899. The average molecular weight is 658 g/mol. The molecule has 0 saturated heterocycles. The van der Waals surface area contributed by atoms with E-state index < -0.39 is 6.09 Å². The summed E-state index contributed by atoms with van der Waals surface area (Å²) in [5, 5.41) is 20.6. The van der Waals surface area contributed by atoms with Gasteiger partial charge in [0, 0.05) is 40.8 Å². The van der Waals surface area contributed by atoms with Crippen LogP contribution in [-0.4, -0.2) is 52.1 Å². The molecule has 0 unspecified atom stereocenters. The number of hydrogen-bond acceptors (Lipinski definition) is 5. The lowest BCUT2D eigenvalue weighted by Gasteiger charge is -2.41. The summed E-state index contributed by atoms with van der Waals surface area (Å²) in [6.07, 6.45) is 1.78. The van der Waals surface area contributed by atoms with Gasteiger partial charge >= 0.3 is 6.09 Å². The number of benzene rings is 3. The van der Waals surface area contributed by atoms with Gasteiger partial charge in [-0.15, -0.1) is 11.3 Å². The van der Waals surface area contributed by atoms with Crippen LogP contribution in [0.1, 0.15) is 74.2 Å². The third-order valence-electron chi connectivity index (χ3n) is 8.48. The second-order valence-electron chi connectivity index (χ2n) is 13.1. The molecule has 1 aromatic heterocycles. The van der Waals surface area contributed by atoms with Crippen LogP contribution in [0.15, 0.2) is 66.7 Å². The third kappa shape index (κ3) is 7.49. The van der Waals surface area contributed by atoms with Gasteiger partial charge in [0.05, 0.1) is 23.3 Å². The molecule has 1 aliphatic rings. The summed E-state index contributed by atoms with van der Waals surface area (Å²) in [6, 6.07) is 23.1. The molecule has 7 nitrogen and oxygen atoms in total. The van der Waals surface area contributed by atoms with Crippen molar-refractivity contribution in [2.24, 2.45) is 5.41 Å². The summed E-state index contributed by atoms with van der Waals surface area (Å²) in [5.41, 5.74) is 3.22. The van der Waals surface area contributed by atoms with E-state index in [-0.39, 0.29) is 23.4 Å². The summed E-state index contributed by atoms with van der Waals surface area (Å²) in [5.74, 6) is 0.571.